The minimum atomic E-state index is 0.411. The molecule has 3 N–H and O–H groups in total. The molecule has 3 nitrogen and oxygen atoms in total. The zero-order valence-corrected chi connectivity index (χ0v) is 13.4. The summed E-state index contributed by atoms with van der Waals surface area (Å²) >= 11 is 0. The summed E-state index contributed by atoms with van der Waals surface area (Å²) in [7, 11) is 2.30. The number of fused-ring (bicyclic) bond motifs is 2. The molecular formula is C18H29N3. The molecule has 3 rings (SSSR count). The molecule has 0 radical (unpaired) electrons. The standard InChI is InChI=1S/C18H29N3/c1-3-13-4-6-14(7-5-13)10-18(20-19)15-11-16-8-9-17(12-15)21(16)2/h4-7,15-18,20H,3,8-12,19H2,1-2H3. The van der Waals surface area contributed by atoms with Crippen molar-refractivity contribution < 1.29 is 0 Å². The summed E-state index contributed by atoms with van der Waals surface area (Å²) < 4.78 is 0. The maximum absolute atomic E-state index is 5.89. The summed E-state index contributed by atoms with van der Waals surface area (Å²) in [4.78, 5) is 2.60. The first-order valence-corrected chi connectivity index (χ1v) is 8.47. The van der Waals surface area contributed by atoms with E-state index >= 15 is 0 Å². The van der Waals surface area contributed by atoms with Crippen molar-refractivity contribution >= 4 is 0 Å². The highest BCUT2D eigenvalue weighted by molar-refractivity contribution is 5.23. The first-order valence-electron chi connectivity index (χ1n) is 8.47. The Bertz CT molecular complexity index is 442. The summed E-state index contributed by atoms with van der Waals surface area (Å²) in [6.07, 6.45) is 7.51. The summed E-state index contributed by atoms with van der Waals surface area (Å²) in [6.45, 7) is 2.20. The Balaban J connectivity index is 1.65. The van der Waals surface area contributed by atoms with Crippen LogP contribution in [0.15, 0.2) is 24.3 Å². The van der Waals surface area contributed by atoms with E-state index in [1.165, 1.54) is 36.8 Å². The van der Waals surface area contributed by atoms with Gasteiger partial charge in [-0.2, -0.15) is 0 Å². The largest absolute Gasteiger partial charge is 0.300 e. The molecule has 2 fully saturated rings. The number of aryl methyl sites for hydroxylation is 1. The molecule has 2 aliphatic rings. The zero-order chi connectivity index (χ0) is 14.8. The molecule has 0 aliphatic carbocycles. The first-order chi connectivity index (χ1) is 10.2. The number of rotatable bonds is 5. The van der Waals surface area contributed by atoms with Gasteiger partial charge in [0.05, 0.1) is 0 Å². The van der Waals surface area contributed by atoms with Crippen molar-refractivity contribution in [1.82, 2.24) is 10.3 Å². The summed E-state index contributed by atoms with van der Waals surface area (Å²) in [5.74, 6) is 6.61. The predicted octanol–water partition coefficient (Wildman–Crippen LogP) is 2.50. The van der Waals surface area contributed by atoms with Gasteiger partial charge in [0, 0.05) is 18.1 Å². The Labute approximate surface area is 128 Å². The molecule has 1 aromatic rings. The van der Waals surface area contributed by atoms with E-state index in [4.69, 9.17) is 5.84 Å². The van der Waals surface area contributed by atoms with Crippen molar-refractivity contribution in [3.05, 3.63) is 35.4 Å². The number of nitrogens with one attached hydrogen (secondary N) is 1. The molecule has 0 aromatic heterocycles. The van der Waals surface area contributed by atoms with Crippen LogP contribution in [-0.2, 0) is 12.8 Å². The number of piperidine rings is 1. The number of hydrogen-bond acceptors (Lipinski definition) is 3. The fourth-order valence-corrected chi connectivity index (χ4v) is 4.31. The topological polar surface area (TPSA) is 41.3 Å². The van der Waals surface area contributed by atoms with Crippen LogP contribution in [0.1, 0.15) is 43.7 Å². The molecule has 1 aromatic carbocycles. The monoisotopic (exact) mass is 287 g/mol. The highest BCUT2D eigenvalue weighted by Crippen LogP contribution is 2.39. The molecule has 0 saturated carbocycles. The van der Waals surface area contributed by atoms with Crippen LogP contribution in [0.4, 0.5) is 0 Å². The van der Waals surface area contributed by atoms with Crippen LogP contribution in [0.2, 0.25) is 0 Å². The first kappa shape index (κ1) is 15.0. The lowest BCUT2D eigenvalue weighted by atomic mass is 9.83. The Hall–Kier alpha value is -0.900. The van der Waals surface area contributed by atoms with Crippen LogP contribution >= 0.6 is 0 Å². The minimum absolute atomic E-state index is 0.411. The van der Waals surface area contributed by atoms with Crippen molar-refractivity contribution in [1.29, 1.82) is 0 Å². The fraction of sp³-hybridized carbons (Fsp3) is 0.667. The van der Waals surface area contributed by atoms with E-state index in [2.05, 4.69) is 48.6 Å². The van der Waals surface area contributed by atoms with Crippen molar-refractivity contribution in [3.63, 3.8) is 0 Å². The second-order valence-corrected chi connectivity index (χ2v) is 6.93. The van der Waals surface area contributed by atoms with Gasteiger partial charge in [0.25, 0.3) is 0 Å². The molecule has 2 bridgehead atoms. The van der Waals surface area contributed by atoms with Crippen molar-refractivity contribution in [2.45, 2.75) is 63.6 Å². The third-order valence-electron chi connectivity index (χ3n) is 5.80. The third-order valence-corrected chi connectivity index (χ3v) is 5.80. The van der Waals surface area contributed by atoms with Crippen LogP contribution in [0.5, 0.6) is 0 Å². The van der Waals surface area contributed by atoms with Crippen molar-refractivity contribution in [3.8, 4) is 0 Å². The van der Waals surface area contributed by atoms with E-state index in [0.717, 1.165) is 30.8 Å². The van der Waals surface area contributed by atoms with Gasteiger partial charge in [-0.3, -0.25) is 11.3 Å². The number of nitrogens with two attached hydrogens (primary N) is 1. The van der Waals surface area contributed by atoms with E-state index in [1.54, 1.807) is 0 Å². The number of hydrogen-bond donors (Lipinski definition) is 2. The molecule has 3 atom stereocenters. The summed E-state index contributed by atoms with van der Waals surface area (Å²) in [5, 5.41) is 0. The number of benzene rings is 1. The molecule has 2 saturated heterocycles. The average molecular weight is 287 g/mol. The minimum Gasteiger partial charge on any atom is -0.300 e. The average Bonchev–Trinajstić information content (AvgIpc) is 2.75. The quantitative estimate of drug-likeness (QED) is 0.646. The Morgan fingerprint density at radius 3 is 2.24 bits per heavy atom. The van der Waals surface area contributed by atoms with Gasteiger partial charge in [0.2, 0.25) is 0 Å². The van der Waals surface area contributed by atoms with E-state index in [1.807, 2.05) is 0 Å². The maximum Gasteiger partial charge on any atom is 0.0280 e. The Morgan fingerprint density at radius 1 is 1.14 bits per heavy atom. The van der Waals surface area contributed by atoms with Gasteiger partial charge in [-0.25, -0.2) is 0 Å². The van der Waals surface area contributed by atoms with Gasteiger partial charge in [0.1, 0.15) is 0 Å². The Morgan fingerprint density at radius 2 is 1.71 bits per heavy atom. The summed E-state index contributed by atoms with van der Waals surface area (Å²) in [5.41, 5.74) is 5.93. The van der Waals surface area contributed by atoms with Crippen LogP contribution < -0.4 is 11.3 Å². The normalized spacial score (nSPS) is 30.5. The van der Waals surface area contributed by atoms with E-state index in [-0.39, 0.29) is 0 Å². The lowest BCUT2D eigenvalue weighted by molar-refractivity contribution is 0.112. The van der Waals surface area contributed by atoms with Crippen LogP contribution in [0, 0.1) is 5.92 Å². The van der Waals surface area contributed by atoms with Gasteiger partial charge >= 0.3 is 0 Å². The van der Waals surface area contributed by atoms with Gasteiger partial charge in [-0.15, -0.1) is 0 Å². The van der Waals surface area contributed by atoms with Crippen molar-refractivity contribution in [2.75, 3.05) is 7.05 Å². The zero-order valence-electron chi connectivity index (χ0n) is 13.4. The van der Waals surface area contributed by atoms with Crippen LogP contribution in [-0.4, -0.2) is 30.1 Å². The smallest absolute Gasteiger partial charge is 0.0280 e. The molecule has 2 heterocycles. The molecule has 0 amide bonds. The van der Waals surface area contributed by atoms with Crippen LogP contribution in [0.3, 0.4) is 0 Å². The molecular weight excluding hydrogens is 258 g/mol. The molecule has 21 heavy (non-hydrogen) atoms. The molecule has 0 spiro atoms. The number of hydrazine groups is 1. The van der Waals surface area contributed by atoms with Gasteiger partial charge in [-0.1, -0.05) is 31.2 Å². The molecule has 116 valence electrons. The van der Waals surface area contributed by atoms with E-state index in [0.29, 0.717) is 6.04 Å². The predicted molar refractivity (Wildman–Crippen MR) is 87.9 cm³/mol. The van der Waals surface area contributed by atoms with E-state index in [9.17, 15) is 0 Å². The fourth-order valence-electron chi connectivity index (χ4n) is 4.31. The second kappa shape index (κ2) is 6.47. The maximum atomic E-state index is 5.89. The lowest BCUT2D eigenvalue weighted by Crippen LogP contribution is -2.49. The molecule has 3 heteroatoms. The van der Waals surface area contributed by atoms with Crippen molar-refractivity contribution in [2.24, 2.45) is 11.8 Å². The Kier molecular flexibility index (Phi) is 4.63. The van der Waals surface area contributed by atoms with Crippen LogP contribution in [0.25, 0.3) is 0 Å². The SMILES string of the molecule is CCc1ccc(CC(NN)C2CC3CCC(C2)N3C)cc1. The highest BCUT2D eigenvalue weighted by Gasteiger charge is 2.40. The van der Waals surface area contributed by atoms with Gasteiger partial charge in [-0.05, 0) is 62.6 Å². The number of nitrogens with zero attached hydrogens (tertiary/aromatic N) is 1. The van der Waals surface area contributed by atoms with E-state index < -0.39 is 0 Å². The third kappa shape index (κ3) is 3.15. The second-order valence-electron chi connectivity index (χ2n) is 6.93. The summed E-state index contributed by atoms with van der Waals surface area (Å²) in [6, 6.07) is 11.0. The van der Waals surface area contributed by atoms with Gasteiger partial charge in [0.15, 0.2) is 0 Å². The lowest BCUT2D eigenvalue weighted by Gasteiger charge is -2.39. The molecule has 2 aliphatic heterocycles. The highest BCUT2D eigenvalue weighted by atomic mass is 15.2. The van der Waals surface area contributed by atoms with Gasteiger partial charge < -0.3 is 4.90 Å². The molecule has 3 unspecified atom stereocenters.